The van der Waals surface area contributed by atoms with Crippen molar-refractivity contribution >= 4 is 10.2 Å². The van der Waals surface area contributed by atoms with Gasteiger partial charge < -0.3 is 10.1 Å². The summed E-state index contributed by atoms with van der Waals surface area (Å²) in [6.45, 7) is 8.56. The molecule has 2 heterocycles. The molecular formula is C13H27N3O3S. The van der Waals surface area contributed by atoms with Gasteiger partial charge in [0.1, 0.15) is 0 Å². The second-order valence-electron chi connectivity index (χ2n) is 6.09. The Morgan fingerprint density at radius 3 is 2.50 bits per heavy atom. The highest BCUT2D eigenvalue weighted by Gasteiger charge is 2.33. The minimum absolute atomic E-state index is 0.0405. The highest BCUT2D eigenvalue weighted by atomic mass is 32.2. The van der Waals surface area contributed by atoms with Gasteiger partial charge in [0.15, 0.2) is 0 Å². The SMILES string of the molecule is CC1CN(S(=O)(=O)NC(C)C2CCCNC2)CC(C)O1. The second kappa shape index (κ2) is 6.70. The highest BCUT2D eigenvalue weighted by Crippen LogP contribution is 2.18. The number of rotatable bonds is 4. The molecular weight excluding hydrogens is 278 g/mol. The van der Waals surface area contributed by atoms with Crippen LogP contribution in [-0.2, 0) is 14.9 Å². The Balaban J connectivity index is 1.95. The minimum Gasteiger partial charge on any atom is -0.373 e. The number of nitrogens with zero attached hydrogens (tertiary/aromatic N) is 1. The Bertz CT molecular complexity index is 399. The van der Waals surface area contributed by atoms with Gasteiger partial charge in [-0.05, 0) is 52.6 Å². The largest absolute Gasteiger partial charge is 0.373 e. The first kappa shape index (κ1) is 16.2. The number of ether oxygens (including phenoxy) is 1. The smallest absolute Gasteiger partial charge is 0.279 e. The van der Waals surface area contributed by atoms with Gasteiger partial charge in [0, 0.05) is 19.1 Å². The number of hydrogen-bond donors (Lipinski definition) is 2. The Hall–Kier alpha value is -0.210. The van der Waals surface area contributed by atoms with Crippen LogP contribution in [0.25, 0.3) is 0 Å². The van der Waals surface area contributed by atoms with Gasteiger partial charge in [0.25, 0.3) is 10.2 Å². The summed E-state index contributed by atoms with van der Waals surface area (Å²) in [5.41, 5.74) is 0. The van der Waals surface area contributed by atoms with Crippen molar-refractivity contribution in [1.29, 1.82) is 0 Å². The standard InChI is InChI=1S/C13H27N3O3S/c1-10-8-16(9-11(2)19-10)20(17,18)15-12(3)13-5-4-6-14-7-13/h10-15H,4-9H2,1-3H3. The van der Waals surface area contributed by atoms with Crippen molar-refractivity contribution in [2.24, 2.45) is 5.92 Å². The maximum Gasteiger partial charge on any atom is 0.279 e. The molecule has 2 saturated heterocycles. The first-order chi connectivity index (χ1) is 9.38. The molecule has 4 unspecified atom stereocenters. The maximum atomic E-state index is 12.5. The molecule has 2 aliphatic rings. The van der Waals surface area contributed by atoms with E-state index in [0.29, 0.717) is 19.0 Å². The number of morpholine rings is 1. The number of nitrogens with one attached hydrogen (secondary N) is 2. The first-order valence-electron chi connectivity index (χ1n) is 7.52. The topological polar surface area (TPSA) is 70.7 Å². The molecule has 0 bridgehead atoms. The van der Waals surface area contributed by atoms with E-state index in [4.69, 9.17) is 4.74 Å². The lowest BCUT2D eigenvalue weighted by Crippen LogP contribution is -2.55. The quantitative estimate of drug-likeness (QED) is 0.785. The van der Waals surface area contributed by atoms with Gasteiger partial charge in [-0.25, -0.2) is 0 Å². The van der Waals surface area contributed by atoms with Crippen LogP contribution >= 0.6 is 0 Å². The van der Waals surface area contributed by atoms with E-state index in [2.05, 4.69) is 10.0 Å². The summed E-state index contributed by atoms with van der Waals surface area (Å²) in [4.78, 5) is 0. The van der Waals surface area contributed by atoms with Crippen molar-refractivity contribution in [1.82, 2.24) is 14.3 Å². The molecule has 2 aliphatic heterocycles. The summed E-state index contributed by atoms with van der Waals surface area (Å²) < 4.78 is 34.9. The molecule has 0 saturated carbocycles. The molecule has 2 fully saturated rings. The van der Waals surface area contributed by atoms with Gasteiger partial charge in [-0.3, -0.25) is 0 Å². The molecule has 0 aromatic rings. The van der Waals surface area contributed by atoms with Crippen LogP contribution in [0.2, 0.25) is 0 Å². The van der Waals surface area contributed by atoms with Crippen molar-refractivity contribution in [3.8, 4) is 0 Å². The molecule has 20 heavy (non-hydrogen) atoms. The van der Waals surface area contributed by atoms with E-state index >= 15 is 0 Å². The Morgan fingerprint density at radius 1 is 1.30 bits per heavy atom. The van der Waals surface area contributed by atoms with Crippen molar-refractivity contribution in [2.45, 2.75) is 51.9 Å². The molecule has 4 atom stereocenters. The van der Waals surface area contributed by atoms with Crippen LogP contribution in [0.4, 0.5) is 0 Å². The zero-order chi connectivity index (χ0) is 14.8. The average Bonchev–Trinajstić information content (AvgIpc) is 2.38. The third-order valence-corrected chi connectivity index (χ3v) is 5.75. The molecule has 0 amide bonds. The lowest BCUT2D eigenvalue weighted by atomic mass is 9.94. The number of hydrogen-bond acceptors (Lipinski definition) is 4. The second-order valence-corrected chi connectivity index (χ2v) is 7.79. The molecule has 6 nitrogen and oxygen atoms in total. The third kappa shape index (κ3) is 4.14. The van der Waals surface area contributed by atoms with Gasteiger partial charge in [-0.15, -0.1) is 0 Å². The third-order valence-electron chi connectivity index (χ3n) is 4.10. The van der Waals surface area contributed by atoms with Gasteiger partial charge in [-0.1, -0.05) is 0 Å². The molecule has 118 valence electrons. The molecule has 0 aromatic carbocycles. The summed E-state index contributed by atoms with van der Waals surface area (Å²) in [7, 11) is -3.42. The Labute approximate surface area is 122 Å². The molecule has 2 rings (SSSR count). The van der Waals surface area contributed by atoms with Crippen LogP contribution in [0.3, 0.4) is 0 Å². The summed E-state index contributed by atoms with van der Waals surface area (Å²) in [5, 5.41) is 3.33. The zero-order valence-corrected chi connectivity index (χ0v) is 13.4. The molecule has 0 radical (unpaired) electrons. The summed E-state index contributed by atoms with van der Waals surface area (Å²) in [6, 6.07) is -0.0405. The van der Waals surface area contributed by atoms with Gasteiger partial charge >= 0.3 is 0 Å². The molecule has 2 N–H and O–H groups in total. The van der Waals surface area contributed by atoms with E-state index in [1.807, 2.05) is 20.8 Å². The Morgan fingerprint density at radius 2 is 1.95 bits per heavy atom. The maximum absolute atomic E-state index is 12.5. The fraction of sp³-hybridized carbons (Fsp3) is 1.00. The summed E-state index contributed by atoms with van der Waals surface area (Å²) >= 11 is 0. The van der Waals surface area contributed by atoms with Gasteiger partial charge in [0.2, 0.25) is 0 Å². The summed E-state index contributed by atoms with van der Waals surface area (Å²) in [6.07, 6.45) is 2.08. The molecule has 0 aromatic heterocycles. The van der Waals surface area contributed by atoms with Crippen LogP contribution in [0.5, 0.6) is 0 Å². The van der Waals surface area contributed by atoms with Crippen LogP contribution in [0, 0.1) is 5.92 Å². The fourth-order valence-corrected chi connectivity index (χ4v) is 4.66. The van der Waals surface area contributed by atoms with E-state index in [9.17, 15) is 8.42 Å². The molecule has 7 heteroatoms. The van der Waals surface area contributed by atoms with Crippen molar-refractivity contribution in [2.75, 3.05) is 26.2 Å². The van der Waals surface area contributed by atoms with Crippen LogP contribution in [0.1, 0.15) is 33.6 Å². The van der Waals surface area contributed by atoms with Gasteiger partial charge in [-0.2, -0.15) is 17.4 Å². The predicted molar refractivity (Wildman–Crippen MR) is 78.7 cm³/mol. The van der Waals surface area contributed by atoms with Gasteiger partial charge in [0.05, 0.1) is 12.2 Å². The van der Waals surface area contributed by atoms with Crippen LogP contribution < -0.4 is 10.0 Å². The average molecular weight is 305 g/mol. The van der Waals surface area contributed by atoms with Crippen molar-refractivity contribution in [3.05, 3.63) is 0 Å². The minimum atomic E-state index is -3.42. The summed E-state index contributed by atoms with van der Waals surface area (Å²) in [5.74, 6) is 0.370. The first-order valence-corrected chi connectivity index (χ1v) is 8.96. The van der Waals surface area contributed by atoms with Crippen LogP contribution in [-0.4, -0.2) is 57.2 Å². The van der Waals surface area contributed by atoms with Crippen molar-refractivity contribution in [3.63, 3.8) is 0 Å². The molecule has 0 spiro atoms. The zero-order valence-electron chi connectivity index (χ0n) is 12.6. The van der Waals surface area contributed by atoms with E-state index in [1.165, 1.54) is 4.31 Å². The van der Waals surface area contributed by atoms with Crippen LogP contribution in [0.15, 0.2) is 0 Å². The molecule has 0 aliphatic carbocycles. The predicted octanol–water partition coefficient (Wildman–Crippen LogP) is 0.318. The highest BCUT2D eigenvalue weighted by molar-refractivity contribution is 7.87. The van der Waals surface area contributed by atoms with E-state index in [0.717, 1.165) is 25.9 Å². The van der Waals surface area contributed by atoms with E-state index < -0.39 is 10.2 Å². The number of piperidine rings is 1. The monoisotopic (exact) mass is 305 g/mol. The van der Waals surface area contributed by atoms with Crippen molar-refractivity contribution < 1.29 is 13.2 Å². The van der Waals surface area contributed by atoms with E-state index in [1.54, 1.807) is 0 Å². The lowest BCUT2D eigenvalue weighted by Gasteiger charge is -2.36. The fourth-order valence-electron chi connectivity index (χ4n) is 3.04. The normalized spacial score (nSPS) is 34.9. The Kier molecular flexibility index (Phi) is 5.42. The lowest BCUT2D eigenvalue weighted by molar-refractivity contribution is -0.0445. The van der Waals surface area contributed by atoms with E-state index in [-0.39, 0.29) is 18.2 Å².